The molecular formula is C36H24N2O4S. The number of para-hydroxylation sites is 4. The van der Waals surface area contributed by atoms with Gasteiger partial charge >= 0.3 is 0 Å². The van der Waals surface area contributed by atoms with Crippen molar-refractivity contribution in [3.05, 3.63) is 150 Å². The summed E-state index contributed by atoms with van der Waals surface area (Å²) in [6.45, 7) is 0. The van der Waals surface area contributed by atoms with Crippen LogP contribution >= 0.6 is 0 Å². The van der Waals surface area contributed by atoms with Crippen LogP contribution in [0.2, 0.25) is 0 Å². The van der Waals surface area contributed by atoms with Crippen molar-refractivity contribution in [2.24, 2.45) is 0 Å². The minimum absolute atomic E-state index is 0.00257. The Bertz CT molecular complexity index is 2160. The number of oxazole rings is 2. The highest BCUT2D eigenvalue weighted by atomic mass is 32.2. The summed E-state index contributed by atoms with van der Waals surface area (Å²) in [5.41, 5.74) is 6.31. The van der Waals surface area contributed by atoms with E-state index in [0.717, 1.165) is 27.8 Å². The van der Waals surface area contributed by atoms with E-state index >= 15 is 0 Å². The molecule has 0 N–H and O–H groups in total. The van der Waals surface area contributed by atoms with Gasteiger partial charge in [-0.2, -0.15) is 0 Å². The van der Waals surface area contributed by atoms with E-state index in [1.807, 2.05) is 97.1 Å². The summed E-state index contributed by atoms with van der Waals surface area (Å²) in [5.74, 6) is 0.641. The molecule has 43 heavy (non-hydrogen) atoms. The van der Waals surface area contributed by atoms with E-state index in [0.29, 0.717) is 22.6 Å². The summed E-state index contributed by atoms with van der Waals surface area (Å²) in [6, 6.07) is 38.8. The lowest BCUT2D eigenvalue weighted by molar-refractivity contribution is 0.580. The third kappa shape index (κ3) is 5.41. The summed E-state index contributed by atoms with van der Waals surface area (Å²) >= 11 is 0. The van der Waals surface area contributed by atoms with E-state index in [1.165, 1.54) is 0 Å². The van der Waals surface area contributed by atoms with Crippen LogP contribution in [0.15, 0.2) is 141 Å². The van der Waals surface area contributed by atoms with Gasteiger partial charge in [0.05, 0.1) is 4.90 Å². The van der Waals surface area contributed by atoms with Gasteiger partial charge in [-0.1, -0.05) is 91.0 Å². The van der Waals surface area contributed by atoms with Crippen LogP contribution < -0.4 is 0 Å². The van der Waals surface area contributed by atoms with Crippen molar-refractivity contribution in [2.45, 2.75) is 4.90 Å². The largest absolute Gasteiger partial charge is 0.436 e. The highest BCUT2D eigenvalue weighted by molar-refractivity contribution is 8.00. The number of benzene rings is 5. The Labute approximate surface area is 248 Å². The van der Waals surface area contributed by atoms with E-state index in [9.17, 15) is 8.42 Å². The van der Waals surface area contributed by atoms with E-state index in [4.69, 9.17) is 8.83 Å². The molecule has 2 heterocycles. The molecule has 0 saturated heterocycles. The Balaban J connectivity index is 1.15. The molecule has 0 bridgehead atoms. The van der Waals surface area contributed by atoms with Crippen molar-refractivity contribution in [2.75, 3.05) is 0 Å². The van der Waals surface area contributed by atoms with Gasteiger partial charge in [-0.25, -0.2) is 18.4 Å². The Morgan fingerprint density at radius 3 is 1.72 bits per heavy atom. The lowest BCUT2D eigenvalue weighted by Gasteiger charge is -2.07. The van der Waals surface area contributed by atoms with Gasteiger partial charge in [0.25, 0.3) is 0 Å². The van der Waals surface area contributed by atoms with E-state index in [2.05, 4.69) is 9.97 Å². The molecule has 208 valence electrons. The summed E-state index contributed by atoms with van der Waals surface area (Å²) in [7, 11) is -3.91. The van der Waals surface area contributed by atoms with Crippen molar-refractivity contribution in [3.63, 3.8) is 0 Å². The summed E-state index contributed by atoms with van der Waals surface area (Å²) in [6.07, 6.45) is 5.63. The predicted octanol–water partition coefficient (Wildman–Crippen LogP) is 8.78. The van der Waals surface area contributed by atoms with E-state index < -0.39 is 9.84 Å². The smallest absolute Gasteiger partial charge is 0.239 e. The van der Waals surface area contributed by atoms with Crippen LogP contribution in [0.5, 0.6) is 0 Å². The maximum Gasteiger partial charge on any atom is 0.239 e. The first kappa shape index (κ1) is 26.4. The van der Waals surface area contributed by atoms with Gasteiger partial charge in [-0.3, -0.25) is 0 Å². The van der Waals surface area contributed by atoms with Crippen LogP contribution in [0.1, 0.15) is 22.6 Å². The molecule has 0 atom stereocenters. The van der Waals surface area contributed by atoms with Crippen molar-refractivity contribution < 1.29 is 17.3 Å². The molecule has 0 amide bonds. The van der Waals surface area contributed by atoms with Gasteiger partial charge in [0.15, 0.2) is 11.2 Å². The normalized spacial score (nSPS) is 12.4. The van der Waals surface area contributed by atoms with E-state index in [1.54, 1.807) is 48.5 Å². The predicted molar refractivity (Wildman–Crippen MR) is 170 cm³/mol. The molecule has 5 aromatic carbocycles. The monoisotopic (exact) mass is 580 g/mol. The van der Waals surface area contributed by atoms with Crippen molar-refractivity contribution >= 4 is 55.2 Å². The van der Waals surface area contributed by atoms with Crippen LogP contribution in [0, 0.1) is 0 Å². The highest BCUT2D eigenvalue weighted by Gasteiger charge is 2.26. The first-order valence-corrected chi connectivity index (χ1v) is 15.1. The second kappa shape index (κ2) is 11.0. The average molecular weight is 581 g/mol. The highest BCUT2D eigenvalue weighted by Crippen LogP contribution is 2.32. The molecule has 7 aromatic rings. The molecule has 7 heteroatoms. The molecule has 0 unspecified atom stereocenters. The van der Waals surface area contributed by atoms with Gasteiger partial charge in [0, 0.05) is 5.56 Å². The number of rotatable bonds is 7. The minimum Gasteiger partial charge on any atom is -0.436 e. The summed E-state index contributed by atoms with van der Waals surface area (Å²) in [5, 5.41) is 0. The third-order valence-corrected chi connectivity index (χ3v) is 8.77. The van der Waals surface area contributed by atoms with Gasteiger partial charge in [0.2, 0.25) is 21.6 Å². The lowest BCUT2D eigenvalue weighted by atomic mass is 10.1. The molecule has 0 aliphatic carbocycles. The van der Waals surface area contributed by atoms with Gasteiger partial charge < -0.3 is 8.83 Å². The molecule has 0 aliphatic heterocycles. The van der Waals surface area contributed by atoms with Gasteiger partial charge in [0.1, 0.15) is 15.9 Å². The number of hydrogen-bond acceptors (Lipinski definition) is 6. The average Bonchev–Trinajstić information content (AvgIpc) is 3.68. The number of fused-ring (bicyclic) bond motifs is 2. The van der Waals surface area contributed by atoms with Crippen molar-refractivity contribution in [3.8, 4) is 11.5 Å². The number of sulfone groups is 1. The Morgan fingerprint density at radius 2 is 1.09 bits per heavy atom. The third-order valence-electron chi connectivity index (χ3n) is 7.00. The molecule has 0 aliphatic rings. The second-order valence-corrected chi connectivity index (χ2v) is 11.8. The molecule has 6 nitrogen and oxygen atoms in total. The summed E-state index contributed by atoms with van der Waals surface area (Å²) < 4.78 is 39.2. The van der Waals surface area contributed by atoms with Crippen molar-refractivity contribution in [1.29, 1.82) is 0 Å². The zero-order valence-electron chi connectivity index (χ0n) is 22.8. The zero-order valence-corrected chi connectivity index (χ0v) is 23.6. The van der Waals surface area contributed by atoms with Crippen LogP contribution in [-0.2, 0) is 9.84 Å². The Morgan fingerprint density at radius 1 is 0.558 bits per heavy atom. The van der Waals surface area contributed by atoms with Crippen LogP contribution in [0.3, 0.4) is 0 Å². The topological polar surface area (TPSA) is 86.2 Å². The maximum absolute atomic E-state index is 13.7. The van der Waals surface area contributed by atoms with E-state index in [-0.39, 0.29) is 15.7 Å². The number of nitrogens with zero attached hydrogens (tertiary/aromatic N) is 2. The first-order valence-electron chi connectivity index (χ1n) is 13.6. The fourth-order valence-electron chi connectivity index (χ4n) is 4.74. The fourth-order valence-corrected chi connectivity index (χ4v) is 6.12. The van der Waals surface area contributed by atoms with Crippen LogP contribution in [-0.4, -0.2) is 18.4 Å². The second-order valence-electron chi connectivity index (χ2n) is 9.92. The fraction of sp³-hybridized carbons (Fsp3) is 0. The van der Waals surface area contributed by atoms with Crippen molar-refractivity contribution in [1.82, 2.24) is 9.97 Å². The molecule has 0 spiro atoms. The zero-order chi connectivity index (χ0) is 29.2. The van der Waals surface area contributed by atoms with Crippen LogP contribution in [0.25, 0.3) is 56.8 Å². The number of hydrogen-bond donors (Lipinski definition) is 0. The molecule has 0 fully saturated rings. The SMILES string of the molecule is O=S(=O)(C(=Cc1ccc(C=Cc2ccc(-c3nc4ccccc4o3)cc2)cc1)c1nc2ccccc2o1)c1ccccc1. The Kier molecular flexibility index (Phi) is 6.77. The number of aromatic nitrogens is 2. The van der Waals surface area contributed by atoms with Gasteiger partial charge in [-0.05, 0) is 71.3 Å². The first-order chi connectivity index (χ1) is 21.0. The van der Waals surface area contributed by atoms with Crippen LogP contribution in [0.4, 0.5) is 0 Å². The minimum atomic E-state index is -3.91. The molecule has 2 aromatic heterocycles. The Hall–Kier alpha value is -5.53. The molecule has 0 radical (unpaired) electrons. The molecule has 7 rings (SSSR count). The maximum atomic E-state index is 13.7. The molecule has 0 saturated carbocycles. The quantitative estimate of drug-likeness (QED) is 0.175. The summed E-state index contributed by atoms with van der Waals surface area (Å²) in [4.78, 5) is 9.21. The molecular weight excluding hydrogens is 556 g/mol. The lowest BCUT2D eigenvalue weighted by Crippen LogP contribution is -2.04. The standard InChI is InChI=1S/C36H24N2O4S/c39-43(40,29-8-2-1-3-9-29)34(36-38-31-11-5-7-13-33(31)42-36)24-27-18-16-25(17-19-27)14-15-26-20-22-28(23-21-26)35-37-30-10-4-6-12-32(30)41-35/h1-24H. The van der Waals surface area contributed by atoms with Gasteiger partial charge in [-0.15, -0.1) is 0 Å².